The van der Waals surface area contributed by atoms with Crippen molar-refractivity contribution >= 4 is 27.5 Å². The van der Waals surface area contributed by atoms with Crippen LogP contribution in [0.1, 0.15) is 31.4 Å². The molecular weight excluding hydrogens is 502 g/mol. The van der Waals surface area contributed by atoms with Gasteiger partial charge in [0.2, 0.25) is 11.8 Å². The van der Waals surface area contributed by atoms with Crippen molar-refractivity contribution in [2.75, 3.05) is 24.5 Å². The summed E-state index contributed by atoms with van der Waals surface area (Å²) in [6, 6.07) is 21.6. The molecule has 8 nitrogen and oxygen atoms in total. The Hall–Kier alpha value is -3.85. The number of carbonyl (C=O) groups is 2. The van der Waals surface area contributed by atoms with Gasteiger partial charge in [0, 0.05) is 19.2 Å². The SMILES string of the molecule is CCNC(=O)[C@@H](CC)N(Cc1ccccc1)C(=O)CN(c1cccc(OC)c1)S(=O)(=O)c1ccc(C)cc1. The minimum absolute atomic E-state index is 0.0593. The second-order valence-corrected chi connectivity index (χ2v) is 10.7. The third-order valence-electron chi connectivity index (χ3n) is 6.16. The fourth-order valence-corrected chi connectivity index (χ4v) is 5.53. The first-order valence-corrected chi connectivity index (χ1v) is 14.0. The van der Waals surface area contributed by atoms with E-state index < -0.39 is 28.5 Å². The standard InChI is InChI=1S/C29H35N3O5S/c1-5-27(29(34)30-6-2)31(20-23-11-8-7-9-12-23)28(33)21-32(24-13-10-14-25(19-24)37-4)38(35,36)26-17-15-22(3)16-18-26/h7-19,27H,5-6,20-21H2,1-4H3,(H,30,34)/t27-/m1/s1. The summed E-state index contributed by atoms with van der Waals surface area (Å²) in [4.78, 5) is 28.4. The summed E-state index contributed by atoms with van der Waals surface area (Å²) >= 11 is 0. The van der Waals surface area contributed by atoms with E-state index in [1.165, 1.54) is 24.1 Å². The van der Waals surface area contributed by atoms with E-state index in [0.717, 1.165) is 15.4 Å². The minimum Gasteiger partial charge on any atom is -0.497 e. The minimum atomic E-state index is -4.13. The van der Waals surface area contributed by atoms with Crippen LogP contribution in [0.3, 0.4) is 0 Å². The molecule has 3 aromatic carbocycles. The van der Waals surface area contributed by atoms with Gasteiger partial charge in [-0.2, -0.15) is 0 Å². The molecule has 38 heavy (non-hydrogen) atoms. The number of rotatable bonds is 12. The largest absolute Gasteiger partial charge is 0.497 e. The Labute approximate surface area is 225 Å². The fraction of sp³-hybridized carbons (Fsp3) is 0.310. The Bertz CT molecular complexity index is 1330. The predicted molar refractivity (Wildman–Crippen MR) is 148 cm³/mol. The number of nitrogens with one attached hydrogen (secondary N) is 1. The monoisotopic (exact) mass is 537 g/mol. The maximum absolute atomic E-state index is 13.9. The van der Waals surface area contributed by atoms with E-state index in [0.29, 0.717) is 18.7 Å². The summed E-state index contributed by atoms with van der Waals surface area (Å²) in [6.45, 7) is 5.59. The average Bonchev–Trinajstić information content (AvgIpc) is 2.92. The number of hydrogen-bond donors (Lipinski definition) is 1. The number of aryl methyl sites for hydroxylation is 1. The molecule has 0 bridgehead atoms. The molecule has 1 atom stereocenters. The van der Waals surface area contributed by atoms with Crippen molar-refractivity contribution in [1.82, 2.24) is 10.2 Å². The molecule has 0 aliphatic carbocycles. The molecule has 0 saturated heterocycles. The summed E-state index contributed by atoms with van der Waals surface area (Å²) in [6.07, 6.45) is 0.369. The second kappa shape index (κ2) is 13.1. The zero-order valence-corrected chi connectivity index (χ0v) is 23.1. The second-order valence-electron chi connectivity index (χ2n) is 8.85. The Morgan fingerprint density at radius 3 is 2.24 bits per heavy atom. The van der Waals surface area contributed by atoms with Crippen molar-refractivity contribution in [3.8, 4) is 5.75 Å². The number of nitrogens with zero attached hydrogens (tertiary/aromatic N) is 2. The van der Waals surface area contributed by atoms with Gasteiger partial charge in [0.05, 0.1) is 17.7 Å². The van der Waals surface area contributed by atoms with E-state index in [1.54, 1.807) is 36.4 Å². The number of benzene rings is 3. The topological polar surface area (TPSA) is 96.0 Å². The number of methoxy groups -OCH3 is 1. The molecule has 0 aliphatic heterocycles. The van der Waals surface area contributed by atoms with Crippen LogP contribution in [0, 0.1) is 6.92 Å². The smallest absolute Gasteiger partial charge is 0.264 e. The molecular formula is C29H35N3O5S. The van der Waals surface area contributed by atoms with Gasteiger partial charge in [-0.1, -0.05) is 61.0 Å². The quantitative estimate of drug-likeness (QED) is 0.375. The lowest BCUT2D eigenvalue weighted by Crippen LogP contribution is -2.52. The van der Waals surface area contributed by atoms with Gasteiger partial charge in [-0.05, 0) is 50.1 Å². The van der Waals surface area contributed by atoms with E-state index in [-0.39, 0.29) is 23.0 Å². The van der Waals surface area contributed by atoms with Gasteiger partial charge < -0.3 is 15.0 Å². The molecule has 0 heterocycles. The Morgan fingerprint density at radius 1 is 0.947 bits per heavy atom. The van der Waals surface area contributed by atoms with Gasteiger partial charge in [0.25, 0.3) is 10.0 Å². The zero-order chi connectivity index (χ0) is 27.7. The molecule has 2 amide bonds. The molecule has 9 heteroatoms. The van der Waals surface area contributed by atoms with Crippen molar-refractivity contribution in [3.63, 3.8) is 0 Å². The lowest BCUT2D eigenvalue weighted by molar-refractivity contribution is -0.140. The number of amides is 2. The molecule has 0 aliphatic rings. The molecule has 1 N–H and O–H groups in total. The molecule has 202 valence electrons. The fourth-order valence-electron chi connectivity index (χ4n) is 4.12. The average molecular weight is 538 g/mol. The molecule has 3 aromatic rings. The molecule has 0 saturated carbocycles. The first-order valence-electron chi connectivity index (χ1n) is 12.6. The number of carbonyl (C=O) groups excluding carboxylic acids is 2. The Balaban J connectivity index is 2.06. The van der Waals surface area contributed by atoms with Crippen molar-refractivity contribution in [3.05, 3.63) is 90.0 Å². The maximum atomic E-state index is 13.9. The molecule has 0 unspecified atom stereocenters. The van der Waals surface area contributed by atoms with Gasteiger partial charge in [-0.25, -0.2) is 8.42 Å². The van der Waals surface area contributed by atoms with E-state index in [2.05, 4.69) is 5.32 Å². The third kappa shape index (κ3) is 6.92. The number of likely N-dealkylation sites (N-methyl/N-ethyl adjacent to an activating group) is 1. The van der Waals surface area contributed by atoms with Crippen molar-refractivity contribution in [2.45, 2.75) is 44.7 Å². The van der Waals surface area contributed by atoms with Crippen LogP contribution in [0.2, 0.25) is 0 Å². The van der Waals surface area contributed by atoms with Crippen LogP contribution in [0.25, 0.3) is 0 Å². The van der Waals surface area contributed by atoms with E-state index in [1.807, 2.05) is 51.1 Å². The van der Waals surface area contributed by atoms with E-state index in [4.69, 9.17) is 4.74 Å². The number of anilines is 1. The Kier molecular flexibility index (Phi) is 9.90. The maximum Gasteiger partial charge on any atom is 0.264 e. The number of hydrogen-bond acceptors (Lipinski definition) is 5. The van der Waals surface area contributed by atoms with Crippen LogP contribution in [0.4, 0.5) is 5.69 Å². The van der Waals surface area contributed by atoms with Gasteiger partial charge in [-0.15, -0.1) is 0 Å². The van der Waals surface area contributed by atoms with Gasteiger partial charge >= 0.3 is 0 Å². The molecule has 0 radical (unpaired) electrons. The molecule has 0 fully saturated rings. The predicted octanol–water partition coefficient (Wildman–Crippen LogP) is 4.14. The highest BCUT2D eigenvalue weighted by molar-refractivity contribution is 7.92. The van der Waals surface area contributed by atoms with Crippen molar-refractivity contribution in [1.29, 1.82) is 0 Å². The first kappa shape index (κ1) is 28.7. The summed E-state index contributed by atoms with van der Waals surface area (Å²) in [5.41, 5.74) is 2.02. The van der Waals surface area contributed by atoms with Crippen LogP contribution in [-0.4, -0.2) is 51.4 Å². The van der Waals surface area contributed by atoms with Crippen LogP contribution < -0.4 is 14.4 Å². The van der Waals surface area contributed by atoms with Crippen LogP contribution in [-0.2, 0) is 26.2 Å². The van der Waals surface area contributed by atoms with Crippen LogP contribution >= 0.6 is 0 Å². The Morgan fingerprint density at radius 2 is 1.63 bits per heavy atom. The molecule has 3 rings (SSSR count). The first-order chi connectivity index (χ1) is 18.2. The van der Waals surface area contributed by atoms with E-state index in [9.17, 15) is 18.0 Å². The highest BCUT2D eigenvalue weighted by atomic mass is 32.2. The van der Waals surface area contributed by atoms with Gasteiger partial charge in [0.15, 0.2) is 0 Å². The summed E-state index contributed by atoms with van der Waals surface area (Å²) in [7, 11) is -2.64. The summed E-state index contributed by atoms with van der Waals surface area (Å²) in [5, 5.41) is 2.80. The van der Waals surface area contributed by atoms with Gasteiger partial charge in [0.1, 0.15) is 18.3 Å². The summed E-state index contributed by atoms with van der Waals surface area (Å²) in [5.74, 6) is -0.326. The van der Waals surface area contributed by atoms with Gasteiger partial charge in [-0.3, -0.25) is 13.9 Å². The van der Waals surface area contributed by atoms with Crippen LogP contribution in [0.15, 0.2) is 83.8 Å². The highest BCUT2D eigenvalue weighted by Crippen LogP contribution is 2.28. The van der Waals surface area contributed by atoms with Crippen molar-refractivity contribution < 1.29 is 22.7 Å². The number of ether oxygens (including phenoxy) is 1. The normalized spacial score (nSPS) is 11.9. The van der Waals surface area contributed by atoms with Crippen molar-refractivity contribution in [2.24, 2.45) is 0 Å². The molecule has 0 aromatic heterocycles. The third-order valence-corrected chi connectivity index (χ3v) is 7.95. The van der Waals surface area contributed by atoms with E-state index >= 15 is 0 Å². The highest BCUT2D eigenvalue weighted by Gasteiger charge is 2.33. The summed E-state index contributed by atoms with van der Waals surface area (Å²) < 4.78 is 34.1. The zero-order valence-electron chi connectivity index (χ0n) is 22.3. The number of sulfonamides is 1. The molecule has 0 spiro atoms. The lowest BCUT2D eigenvalue weighted by atomic mass is 10.1. The van der Waals surface area contributed by atoms with Crippen LogP contribution in [0.5, 0.6) is 5.75 Å². The lowest BCUT2D eigenvalue weighted by Gasteiger charge is -2.33.